The van der Waals surface area contributed by atoms with E-state index in [2.05, 4.69) is 46.6 Å². The molecule has 4 rings (SSSR count). The van der Waals surface area contributed by atoms with Crippen LogP contribution in [0.25, 0.3) is 11.1 Å². The zero-order valence-electron chi connectivity index (χ0n) is 18.0. The van der Waals surface area contributed by atoms with Gasteiger partial charge >= 0.3 is 0 Å². The summed E-state index contributed by atoms with van der Waals surface area (Å²) in [6.45, 7) is 1.67. The molecule has 0 bridgehead atoms. The van der Waals surface area contributed by atoms with Crippen LogP contribution in [0.15, 0.2) is 60.7 Å². The van der Waals surface area contributed by atoms with E-state index in [1.54, 1.807) is 33.5 Å². The van der Waals surface area contributed by atoms with Crippen LogP contribution in [0.3, 0.4) is 0 Å². The quantitative estimate of drug-likeness (QED) is 0.646. The number of rotatable bonds is 6. The predicted molar refractivity (Wildman–Crippen MR) is 121 cm³/mol. The van der Waals surface area contributed by atoms with Gasteiger partial charge in [-0.05, 0) is 22.3 Å². The van der Waals surface area contributed by atoms with Crippen molar-refractivity contribution in [3.63, 3.8) is 0 Å². The van der Waals surface area contributed by atoms with Gasteiger partial charge in [0.1, 0.15) is 0 Å². The van der Waals surface area contributed by atoms with Crippen LogP contribution < -0.4 is 19.5 Å². The second kappa shape index (κ2) is 9.10. The molecule has 0 atom stereocenters. The van der Waals surface area contributed by atoms with Crippen molar-refractivity contribution in [3.8, 4) is 28.4 Å². The van der Waals surface area contributed by atoms with Crippen LogP contribution in [0, 0.1) is 0 Å². The lowest BCUT2D eigenvalue weighted by atomic mass is 9.97. The number of amides is 1. The van der Waals surface area contributed by atoms with E-state index in [1.165, 1.54) is 22.3 Å². The third-order valence-electron chi connectivity index (χ3n) is 5.43. The van der Waals surface area contributed by atoms with Crippen LogP contribution in [-0.2, 0) is 17.9 Å². The summed E-state index contributed by atoms with van der Waals surface area (Å²) in [6, 6.07) is 20.2. The zero-order chi connectivity index (χ0) is 21.8. The van der Waals surface area contributed by atoms with Crippen LogP contribution in [0.1, 0.15) is 11.1 Å². The molecule has 1 aliphatic rings. The summed E-state index contributed by atoms with van der Waals surface area (Å²) in [6.07, 6.45) is 0. The summed E-state index contributed by atoms with van der Waals surface area (Å²) in [4.78, 5) is 15.1. The maximum atomic E-state index is 12.9. The third-order valence-corrected chi connectivity index (χ3v) is 5.43. The minimum absolute atomic E-state index is 0.105. The Bertz CT molecular complexity index is 1020. The number of methoxy groups -OCH3 is 3. The predicted octanol–water partition coefficient (Wildman–Crippen LogP) is 4.33. The zero-order valence-corrected chi connectivity index (χ0v) is 18.0. The number of ether oxygens (including phenoxy) is 3. The van der Waals surface area contributed by atoms with Gasteiger partial charge in [0, 0.05) is 30.9 Å². The van der Waals surface area contributed by atoms with Gasteiger partial charge in [0.05, 0.1) is 27.9 Å². The fraction of sp³-hybridized carbons (Fsp3) is 0.240. The lowest BCUT2D eigenvalue weighted by Crippen LogP contribution is -2.32. The maximum absolute atomic E-state index is 12.9. The molecule has 0 radical (unpaired) electrons. The first-order chi connectivity index (χ1) is 15.1. The number of fused-ring (bicyclic) bond motifs is 3. The summed E-state index contributed by atoms with van der Waals surface area (Å²) >= 11 is 0. The van der Waals surface area contributed by atoms with E-state index in [1.807, 2.05) is 12.1 Å². The normalized spacial score (nSPS) is 12.9. The van der Waals surface area contributed by atoms with Crippen LogP contribution in [-0.4, -0.2) is 38.7 Å². The fourth-order valence-corrected chi connectivity index (χ4v) is 4.05. The molecule has 0 saturated heterocycles. The first-order valence-electron chi connectivity index (χ1n) is 10.1. The number of benzene rings is 3. The van der Waals surface area contributed by atoms with Gasteiger partial charge in [0.15, 0.2) is 11.5 Å². The van der Waals surface area contributed by atoms with Crippen molar-refractivity contribution in [2.45, 2.75) is 13.1 Å². The van der Waals surface area contributed by atoms with Gasteiger partial charge in [-0.1, -0.05) is 48.5 Å². The number of nitrogens with one attached hydrogen (secondary N) is 1. The van der Waals surface area contributed by atoms with Crippen LogP contribution >= 0.6 is 0 Å². The van der Waals surface area contributed by atoms with Gasteiger partial charge in [-0.15, -0.1) is 0 Å². The monoisotopic (exact) mass is 418 g/mol. The lowest BCUT2D eigenvalue weighted by molar-refractivity contribution is -0.117. The van der Waals surface area contributed by atoms with Gasteiger partial charge in [-0.3, -0.25) is 9.69 Å². The number of hydrogen-bond acceptors (Lipinski definition) is 5. The molecule has 1 aliphatic heterocycles. The SMILES string of the molecule is COc1cc(NC(=O)CN2Cc3ccccc3-c3ccccc3C2)cc(OC)c1OC. The van der Waals surface area contributed by atoms with Gasteiger partial charge < -0.3 is 19.5 Å². The van der Waals surface area contributed by atoms with Crippen molar-refractivity contribution >= 4 is 11.6 Å². The van der Waals surface area contributed by atoms with Gasteiger partial charge in [0.25, 0.3) is 0 Å². The highest BCUT2D eigenvalue weighted by atomic mass is 16.5. The van der Waals surface area contributed by atoms with Crippen molar-refractivity contribution in [1.29, 1.82) is 0 Å². The Morgan fingerprint density at radius 2 is 1.35 bits per heavy atom. The van der Waals surface area contributed by atoms with E-state index < -0.39 is 0 Å². The highest BCUT2D eigenvalue weighted by molar-refractivity contribution is 5.93. The van der Waals surface area contributed by atoms with Crippen LogP contribution in [0.2, 0.25) is 0 Å². The molecule has 0 aromatic heterocycles. The third kappa shape index (κ3) is 4.34. The largest absolute Gasteiger partial charge is 0.493 e. The van der Waals surface area contributed by atoms with Crippen LogP contribution in [0.4, 0.5) is 5.69 Å². The molecule has 0 aliphatic carbocycles. The average Bonchev–Trinajstić information content (AvgIpc) is 2.94. The van der Waals surface area contributed by atoms with Crippen molar-refractivity contribution in [1.82, 2.24) is 4.90 Å². The Balaban J connectivity index is 1.55. The minimum atomic E-state index is -0.105. The second-order valence-electron chi connectivity index (χ2n) is 7.42. The Kier molecular flexibility index (Phi) is 6.09. The average molecular weight is 418 g/mol. The Hall–Kier alpha value is -3.51. The molecule has 31 heavy (non-hydrogen) atoms. The van der Waals surface area contributed by atoms with E-state index >= 15 is 0 Å². The van der Waals surface area contributed by atoms with E-state index in [0.29, 0.717) is 36.0 Å². The molecule has 1 N–H and O–H groups in total. The highest BCUT2D eigenvalue weighted by Gasteiger charge is 2.21. The van der Waals surface area contributed by atoms with E-state index in [9.17, 15) is 4.79 Å². The number of carbonyl (C=O) groups is 1. The second-order valence-corrected chi connectivity index (χ2v) is 7.42. The van der Waals surface area contributed by atoms with Crippen LogP contribution in [0.5, 0.6) is 17.2 Å². The summed E-state index contributed by atoms with van der Waals surface area (Å²) in [5.41, 5.74) is 5.48. The Labute approximate surface area is 182 Å². The van der Waals surface area contributed by atoms with Crippen molar-refractivity contribution in [2.24, 2.45) is 0 Å². The highest BCUT2D eigenvalue weighted by Crippen LogP contribution is 2.40. The molecule has 0 saturated carbocycles. The molecule has 3 aromatic rings. The molecule has 0 fully saturated rings. The molecule has 1 amide bonds. The van der Waals surface area contributed by atoms with Gasteiger partial charge in [0.2, 0.25) is 11.7 Å². The molecule has 160 valence electrons. The standard InChI is InChI=1S/C25H26N2O4/c1-29-22-12-19(13-23(30-2)25(22)31-3)26-24(28)16-27-14-17-8-4-6-10-20(17)21-11-7-5-9-18(21)15-27/h4-13H,14-16H2,1-3H3,(H,26,28). The van der Waals surface area contributed by atoms with Crippen molar-refractivity contribution in [3.05, 3.63) is 71.8 Å². The fourth-order valence-electron chi connectivity index (χ4n) is 4.05. The molecule has 3 aromatic carbocycles. The van der Waals surface area contributed by atoms with E-state index in [0.717, 1.165) is 0 Å². The summed E-state index contributed by atoms with van der Waals surface area (Å²) < 4.78 is 16.1. The van der Waals surface area contributed by atoms with Gasteiger partial charge in [-0.2, -0.15) is 0 Å². The number of anilines is 1. The molecule has 6 nitrogen and oxygen atoms in total. The maximum Gasteiger partial charge on any atom is 0.238 e. The Morgan fingerprint density at radius 1 is 0.839 bits per heavy atom. The van der Waals surface area contributed by atoms with E-state index in [-0.39, 0.29) is 12.5 Å². The smallest absolute Gasteiger partial charge is 0.238 e. The Morgan fingerprint density at radius 3 is 1.84 bits per heavy atom. The number of hydrogen-bond donors (Lipinski definition) is 1. The van der Waals surface area contributed by atoms with Gasteiger partial charge in [-0.25, -0.2) is 0 Å². The van der Waals surface area contributed by atoms with Crippen molar-refractivity contribution in [2.75, 3.05) is 33.2 Å². The summed E-state index contributed by atoms with van der Waals surface area (Å²) in [7, 11) is 4.65. The van der Waals surface area contributed by atoms with E-state index in [4.69, 9.17) is 14.2 Å². The molecule has 0 unspecified atom stereocenters. The first-order valence-corrected chi connectivity index (χ1v) is 10.1. The number of nitrogens with zero attached hydrogens (tertiary/aromatic N) is 1. The molecule has 1 heterocycles. The lowest BCUT2D eigenvalue weighted by Gasteiger charge is -2.21. The molecule has 6 heteroatoms. The summed E-state index contributed by atoms with van der Waals surface area (Å²) in [5.74, 6) is 1.37. The molecular formula is C25H26N2O4. The minimum Gasteiger partial charge on any atom is -0.493 e. The number of carbonyl (C=O) groups excluding carboxylic acids is 1. The topological polar surface area (TPSA) is 60.0 Å². The molecular weight excluding hydrogens is 392 g/mol. The summed E-state index contributed by atoms with van der Waals surface area (Å²) in [5, 5.41) is 2.96. The molecule has 0 spiro atoms. The van der Waals surface area contributed by atoms with Crippen molar-refractivity contribution < 1.29 is 19.0 Å². The first kappa shape index (κ1) is 20.8.